The number of piperidine rings is 1. The molecule has 9 heteroatoms. The van der Waals surface area contributed by atoms with Gasteiger partial charge in [0, 0.05) is 22.2 Å². The van der Waals surface area contributed by atoms with E-state index < -0.39 is 5.09 Å². The van der Waals surface area contributed by atoms with Crippen LogP contribution in [0.4, 0.5) is 0 Å². The first-order valence-corrected chi connectivity index (χ1v) is 8.31. The van der Waals surface area contributed by atoms with Crippen molar-refractivity contribution >= 4 is 23.5 Å². The summed E-state index contributed by atoms with van der Waals surface area (Å²) in [6.07, 6.45) is 2.62. The maximum absolute atomic E-state index is 10.5. The number of aromatic nitrogens is 2. The standard InChI is InChI=1S/C12H20N4O3S2/c1-11(2)5-9(20-10-6-13-21-14-10)8(7-19-16(17)18)12(3,4)15-11/h6,8-9,15H,5,7H2,1-4H3. The third-order valence-electron chi connectivity index (χ3n) is 3.72. The Morgan fingerprint density at radius 1 is 1.57 bits per heavy atom. The molecule has 2 unspecified atom stereocenters. The van der Waals surface area contributed by atoms with E-state index in [0.29, 0.717) is 0 Å². The maximum atomic E-state index is 10.5. The van der Waals surface area contributed by atoms with Gasteiger partial charge in [0.05, 0.1) is 17.9 Å². The summed E-state index contributed by atoms with van der Waals surface area (Å²) in [5, 5.41) is 14.4. The molecule has 1 aromatic rings. The molecular weight excluding hydrogens is 312 g/mol. The lowest BCUT2D eigenvalue weighted by Gasteiger charge is -2.51. The predicted molar refractivity (Wildman–Crippen MR) is 81.9 cm³/mol. The fraction of sp³-hybridized carbons (Fsp3) is 0.833. The minimum atomic E-state index is -0.720. The van der Waals surface area contributed by atoms with E-state index in [1.165, 1.54) is 11.7 Å². The smallest absolute Gasteiger partial charge is 0.294 e. The van der Waals surface area contributed by atoms with Crippen molar-refractivity contribution in [1.82, 2.24) is 14.1 Å². The summed E-state index contributed by atoms with van der Waals surface area (Å²) in [6, 6.07) is 0. The van der Waals surface area contributed by atoms with E-state index in [2.05, 4.69) is 46.6 Å². The number of nitrogens with zero attached hydrogens (tertiary/aromatic N) is 3. The van der Waals surface area contributed by atoms with Gasteiger partial charge in [-0.3, -0.25) is 0 Å². The molecule has 1 saturated heterocycles. The summed E-state index contributed by atoms with van der Waals surface area (Å²) in [4.78, 5) is 15.2. The van der Waals surface area contributed by atoms with Gasteiger partial charge in [0.15, 0.2) is 0 Å². The van der Waals surface area contributed by atoms with Gasteiger partial charge in [-0.25, -0.2) is 0 Å². The highest BCUT2D eigenvalue weighted by molar-refractivity contribution is 7.99. The Kier molecular flexibility index (Phi) is 4.74. The molecule has 1 fully saturated rings. The molecule has 0 spiro atoms. The zero-order valence-corrected chi connectivity index (χ0v) is 14.2. The van der Waals surface area contributed by atoms with Crippen LogP contribution in [-0.4, -0.2) is 36.8 Å². The van der Waals surface area contributed by atoms with E-state index in [9.17, 15) is 10.1 Å². The monoisotopic (exact) mass is 332 g/mol. The summed E-state index contributed by atoms with van der Waals surface area (Å²) >= 11 is 2.80. The van der Waals surface area contributed by atoms with E-state index in [1.54, 1.807) is 18.0 Å². The molecule has 118 valence electrons. The molecule has 1 aromatic heterocycles. The summed E-state index contributed by atoms with van der Waals surface area (Å²) < 4.78 is 8.25. The van der Waals surface area contributed by atoms with Crippen molar-refractivity contribution in [2.45, 2.75) is 55.5 Å². The van der Waals surface area contributed by atoms with Crippen molar-refractivity contribution in [2.75, 3.05) is 6.61 Å². The molecule has 0 aromatic carbocycles. The summed E-state index contributed by atoms with van der Waals surface area (Å²) in [6.45, 7) is 8.50. The highest BCUT2D eigenvalue weighted by Gasteiger charge is 2.46. The topological polar surface area (TPSA) is 90.2 Å². The van der Waals surface area contributed by atoms with Crippen molar-refractivity contribution in [3.63, 3.8) is 0 Å². The summed E-state index contributed by atoms with van der Waals surface area (Å²) in [5.41, 5.74) is -0.311. The first-order valence-electron chi connectivity index (χ1n) is 6.70. The molecule has 1 aliphatic heterocycles. The Balaban J connectivity index is 2.19. The fourth-order valence-electron chi connectivity index (χ4n) is 3.07. The number of hydrogen-bond donors (Lipinski definition) is 1. The number of nitrogens with one attached hydrogen (secondary N) is 1. The lowest BCUT2D eigenvalue weighted by Crippen LogP contribution is -2.64. The van der Waals surface area contributed by atoms with Crippen molar-refractivity contribution in [3.05, 3.63) is 16.3 Å². The Morgan fingerprint density at radius 2 is 2.29 bits per heavy atom. The minimum absolute atomic E-state index is 0.00243. The van der Waals surface area contributed by atoms with Gasteiger partial charge in [-0.15, -0.1) is 10.1 Å². The largest absolute Gasteiger partial charge is 0.313 e. The molecule has 1 N–H and O–H groups in total. The van der Waals surface area contributed by atoms with Crippen LogP contribution in [0.3, 0.4) is 0 Å². The zero-order chi connectivity index (χ0) is 15.7. The van der Waals surface area contributed by atoms with Crippen LogP contribution in [-0.2, 0) is 4.84 Å². The van der Waals surface area contributed by atoms with Gasteiger partial charge in [0.1, 0.15) is 11.6 Å². The van der Waals surface area contributed by atoms with E-state index in [-0.39, 0.29) is 28.9 Å². The second-order valence-corrected chi connectivity index (χ2v) is 8.28. The second-order valence-electron chi connectivity index (χ2n) is 6.46. The molecule has 0 saturated carbocycles. The molecule has 1 aliphatic rings. The Morgan fingerprint density at radius 3 is 2.86 bits per heavy atom. The number of rotatable bonds is 5. The highest BCUT2D eigenvalue weighted by atomic mass is 32.2. The molecule has 2 atom stereocenters. The van der Waals surface area contributed by atoms with Gasteiger partial charge in [-0.05, 0) is 34.1 Å². The Hall–Kier alpha value is -0.930. The fourth-order valence-corrected chi connectivity index (χ4v) is 5.24. The van der Waals surface area contributed by atoms with Crippen molar-refractivity contribution in [3.8, 4) is 0 Å². The van der Waals surface area contributed by atoms with E-state index >= 15 is 0 Å². The number of hydrogen-bond acceptors (Lipinski definition) is 8. The van der Waals surface area contributed by atoms with Crippen LogP contribution in [0.2, 0.25) is 0 Å². The van der Waals surface area contributed by atoms with Crippen molar-refractivity contribution < 1.29 is 9.92 Å². The lowest BCUT2D eigenvalue weighted by molar-refractivity contribution is -0.759. The number of thioether (sulfide) groups is 1. The molecule has 7 nitrogen and oxygen atoms in total. The molecule has 0 amide bonds. The second kappa shape index (κ2) is 6.05. The van der Waals surface area contributed by atoms with Crippen LogP contribution < -0.4 is 5.32 Å². The van der Waals surface area contributed by atoms with Crippen LogP contribution in [0.1, 0.15) is 34.1 Å². The summed E-state index contributed by atoms with van der Waals surface area (Å²) in [5.74, 6) is 0.00243. The van der Waals surface area contributed by atoms with Gasteiger partial charge in [0.2, 0.25) is 0 Å². The Bertz CT molecular complexity index is 493. The average molecular weight is 332 g/mol. The molecule has 21 heavy (non-hydrogen) atoms. The van der Waals surface area contributed by atoms with E-state index in [1.807, 2.05) is 0 Å². The third-order valence-corrected chi connectivity index (χ3v) is 5.55. The van der Waals surface area contributed by atoms with E-state index in [0.717, 1.165) is 11.4 Å². The van der Waals surface area contributed by atoms with Crippen LogP contribution in [0.5, 0.6) is 0 Å². The first kappa shape index (κ1) is 16.4. The quantitative estimate of drug-likeness (QED) is 0.654. The van der Waals surface area contributed by atoms with Crippen molar-refractivity contribution in [1.29, 1.82) is 0 Å². The average Bonchev–Trinajstić information content (AvgIpc) is 2.77. The molecule has 2 rings (SSSR count). The first-order chi connectivity index (χ1) is 9.70. The van der Waals surface area contributed by atoms with Crippen LogP contribution in [0.15, 0.2) is 11.2 Å². The molecule has 0 radical (unpaired) electrons. The molecule has 0 bridgehead atoms. The minimum Gasteiger partial charge on any atom is -0.313 e. The Labute approximate surface area is 132 Å². The van der Waals surface area contributed by atoms with Gasteiger partial charge >= 0.3 is 0 Å². The van der Waals surface area contributed by atoms with Crippen LogP contribution in [0, 0.1) is 16.0 Å². The highest BCUT2D eigenvalue weighted by Crippen LogP contribution is 2.42. The van der Waals surface area contributed by atoms with Gasteiger partial charge in [-0.2, -0.15) is 8.75 Å². The van der Waals surface area contributed by atoms with Crippen LogP contribution >= 0.6 is 23.5 Å². The lowest BCUT2D eigenvalue weighted by atomic mass is 9.74. The zero-order valence-electron chi connectivity index (χ0n) is 12.5. The van der Waals surface area contributed by atoms with Gasteiger partial charge in [-0.1, -0.05) is 11.8 Å². The van der Waals surface area contributed by atoms with Gasteiger partial charge < -0.3 is 10.2 Å². The predicted octanol–water partition coefficient (Wildman–Crippen LogP) is 2.37. The maximum Gasteiger partial charge on any atom is 0.294 e. The third kappa shape index (κ3) is 4.27. The SMILES string of the molecule is CC1(C)CC(Sc2cnsn2)C(CO[N+](=O)[O-])C(C)(C)N1. The van der Waals surface area contributed by atoms with E-state index in [4.69, 9.17) is 0 Å². The molecule has 2 heterocycles. The summed E-state index contributed by atoms with van der Waals surface area (Å²) in [7, 11) is 0. The molecule has 0 aliphatic carbocycles. The molecular formula is C12H20N4O3S2. The normalized spacial score (nSPS) is 27.2. The van der Waals surface area contributed by atoms with Crippen molar-refractivity contribution in [2.24, 2.45) is 5.92 Å². The van der Waals surface area contributed by atoms with Crippen LogP contribution in [0.25, 0.3) is 0 Å². The van der Waals surface area contributed by atoms with Gasteiger partial charge in [0.25, 0.3) is 5.09 Å².